The van der Waals surface area contributed by atoms with Gasteiger partial charge in [0.2, 0.25) is 10.0 Å². The van der Waals surface area contributed by atoms with Crippen LogP contribution in [0.4, 0.5) is 5.69 Å². The number of carbonyl (C=O) groups is 1. The lowest BCUT2D eigenvalue weighted by Crippen LogP contribution is -2.47. The first-order valence-corrected chi connectivity index (χ1v) is 10.2. The molecule has 0 unspecified atom stereocenters. The van der Waals surface area contributed by atoms with Crippen molar-refractivity contribution in [3.8, 4) is 0 Å². The maximum atomic E-state index is 13.1. The van der Waals surface area contributed by atoms with Crippen LogP contribution in [0.1, 0.15) is 15.9 Å². The van der Waals surface area contributed by atoms with Gasteiger partial charge in [0.15, 0.2) is 0 Å². The van der Waals surface area contributed by atoms with Crippen molar-refractivity contribution in [2.24, 2.45) is 0 Å². The highest BCUT2D eigenvalue weighted by Gasteiger charge is 2.29. The fourth-order valence-corrected chi connectivity index (χ4v) is 4.69. The van der Waals surface area contributed by atoms with Crippen LogP contribution in [0.2, 0.25) is 0 Å². The molecule has 29 heavy (non-hydrogen) atoms. The molecule has 0 bridgehead atoms. The molecule has 0 radical (unpaired) electrons. The average molecular weight is 461 g/mol. The molecule has 3 rings (SSSR count). The Labute approximate surface area is 184 Å². The third kappa shape index (κ3) is 5.83. The molecule has 10 heteroatoms. The summed E-state index contributed by atoms with van der Waals surface area (Å²) in [6.45, 7) is 2.42. The van der Waals surface area contributed by atoms with Gasteiger partial charge in [-0.25, -0.2) is 8.42 Å². The van der Waals surface area contributed by atoms with Crippen LogP contribution >= 0.6 is 24.8 Å². The summed E-state index contributed by atoms with van der Waals surface area (Å²) in [6.07, 6.45) is 0. The Morgan fingerprint density at radius 2 is 1.59 bits per heavy atom. The minimum absolute atomic E-state index is 0. The summed E-state index contributed by atoms with van der Waals surface area (Å²) >= 11 is 0. The third-order valence-electron chi connectivity index (χ3n) is 4.70. The predicted molar refractivity (Wildman–Crippen MR) is 119 cm³/mol. The Balaban J connectivity index is 0.00000210. The fraction of sp³-hybridized carbons (Fsp3) is 0.316. The van der Waals surface area contributed by atoms with Gasteiger partial charge in [0.05, 0.1) is 10.5 Å². The van der Waals surface area contributed by atoms with Crippen LogP contribution in [-0.4, -0.2) is 56.8 Å². The number of rotatable bonds is 5. The molecule has 1 saturated heterocycles. The monoisotopic (exact) mass is 460 g/mol. The largest absolute Gasteiger partial charge is 0.398 e. The summed E-state index contributed by atoms with van der Waals surface area (Å²) in [5, 5.41) is 2.77. The second kappa shape index (κ2) is 10.8. The number of anilines is 1. The number of sulfonamides is 1. The van der Waals surface area contributed by atoms with E-state index in [4.69, 9.17) is 5.73 Å². The number of carbonyl (C=O) groups excluding carboxylic acids is 1. The van der Waals surface area contributed by atoms with Gasteiger partial charge < -0.3 is 16.0 Å². The van der Waals surface area contributed by atoms with Crippen molar-refractivity contribution in [2.75, 3.05) is 39.0 Å². The first-order valence-electron chi connectivity index (χ1n) is 8.79. The molecule has 3 N–H and O–H groups in total. The molecule has 1 aliphatic heterocycles. The minimum atomic E-state index is -3.61. The molecular weight excluding hydrogens is 435 g/mol. The van der Waals surface area contributed by atoms with E-state index >= 15 is 0 Å². The Morgan fingerprint density at radius 3 is 2.24 bits per heavy atom. The minimum Gasteiger partial charge on any atom is -0.398 e. The summed E-state index contributed by atoms with van der Waals surface area (Å²) in [7, 11) is -1.63. The predicted octanol–water partition coefficient (Wildman–Crippen LogP) is 1.98. The number of halogens is 2. The van der Waals surface area contributed by atoms with Gasteiger partial charge >= 0.3 is 0 Å². The molecule has 2 aromatic carbocycles. The number of hydrogen-bond donors (Lipinski definition) is 2. The van der Waals surface area contributed by atoms with Crippen molar-refractivity contribution in [1.82, 2.24) is 14.5 Å². The first-order chi connectivity index (χ1) is 12.9. The zero-order valence-corrected chi connectivity index (χ0v) is 18.5. The lowest BCUT2D eigenvalue weighted by molar-refractivity contribution is 0.0951. The maximum absolute atomic E-state index is 13.1. The number of nitrogens with zero attached hydrogens (tertiary/aromatic N) is 2. The number of likely N-dealkylation sites (N-methyl/N-ethyl adjacent to an activating group) is 1. The number of nitrogens with two attached hydrogens (primary N) is 1. The molecule has 1 heterocycles. The molecule has 7 nitrogen and oxygen atoms in total. The van der Waals surface area contributed by atoms with Gasteiger partial charge in [-0.3, -0.25) is 4.79 Å². The topological polar surface area (TPSA) is 95.7 Å². The summed E-state index contributed by atoms with van der Waals surface area (Å²) in [5.41, 5.74) is 7.14. The highest BCUT2D eigenvalue weighted by Crippen LogP contribution is 2.21. The van der Waals surface area contributed by atoms with E-state index < -0.39 is 10.0 Å². The van der Waals surface area contributed by atoms with Gasteiger partial charge in [0, 0.05) is 38.4 Å². The van der Waals surface area contributed by atoms with Gasteiger partial charge in [0.25, 0.3) is 5.91 Å². The maximum Gasteiger partial charge on any atom is 0.253 e. The van der Waals surface area contributed by atoms with Crippen LogP contribution in [-0.2, 0) is 16.6 Å². The van der Waals surface area contributed by atoms with Gasteiger partial charge in [0.1, 0.15) is 0 Å². The molecule has 0 saturated carbocycles. The third-order valence-corrected chi connectivity index (χ3v) is 6.70. The van der Waals surface area contributed by atoms with Gasteiger partial charge in [-0.05, 0) is 30.8 Å². The van der Waals surface area contributed by atoms with Crippen molar-refractivity contribution in [3.63, 3.8) is 0 Å². The van der Waals surface area contributed by atoms with E-state index in [0.29, 0.717) is 43.0 Å². The smallest absolute Gasteiger partial charge is 0.253 e. The lowest BCUT2D eigenvalue weighted by atomic mass is 10.1. The van der Waals surface area contributed by atoms with E-state index in [0.717, 1.165) is 0 Å². The Kier molecular flexibility index (Phi) is 9.38. The highest BCUT2D eigenvalue weighted by molar-refractivity contribution is 7.89. The molecule has 1 amide bonds. The zero-order valence-electron chi connectivity index (χ0n) is 16.1. The standard InChI is InChI=1S/C19H24N4O3S.2ClH/c1-22-10-12-23(13-11-22)27(25,26)18-9-5-2-6-15(18)14-21-19(24)16-7-3-4-8-17(16)20;;/h2-9H,10-14,20H2,1H3,(H,21,24);2*1H. The summed E-state index contributed by atoms with van der Waals surface area (Å²) in [5.74, 6) is -0.333. The van der Waals surface area contributed by atoms with Crippen LogP contribution in [0.5, 0.6) is 0 Å². The molecule has 1 fully saturated rings. The van der Waals surface area contributed by atoms with Crippen molar-refractivity contribution in [1.29, 1.82) is 0 Å². The van der Waals surface area contributed by atoms with Crippen molar-refractivity contribution in [2.45, 2.75) is 11.4 Å². The number of para-hydroxylation sites is 1. The quantitative estimate of drug-likeness (QED) is 0.664. The van der Waals surface area contributed by atoms with E-state index in [1.807, 2.05) is 7.05 Å². The van der Waals surface area contributed by atoms with E-state index in [-0.39, 0.29) is 42.2 Å². The van der Waals surface area contributed by atoms with Crippen molar-refractivity contribution < 1.29 is 13.2 Å². The van der Waals surface area contributed by atoms with Crippen molar-refractivity contribution >= 4 is 46.4 Å². The molecule has 1 aliphatic rings. The molecule has 160 valence electrons. The first kappa shape index (κ1) is 25.2. The summed E-state index contributed by atoms with van der Waals surface area (Å²) in [6, 6.07) is 13.5. The van der Waals surface area contributed by atoms with Gasteiger partial charge in [-0.2, -0.15) is 4.31 Å². The second-order valence-electron chi connectivity index (χ2n) is 6.59. The molecule has 2 aromatic rings. The van der Waals surface area contributed by atoms with E-state index in [2.05, 4.69) is 10.2 Å². The molecular formula is C19H26Cl2N4O3S. The van der Waals surface area contributed by atoms with Crippen molar-refractivity contribution in [3.05, 3.63) is 59.7 Å². The van der Waals surface area contributed by atoms with Crippen LogP contribution in [0, 0.1) is 0 Å². The van der Waals surface area contributed by atoms with Gasteiger partial charge in [-0.1, -0.05) is 30.3 Å². The van der Waals surface area contributed by atoms with E-state index in [1.165, 1.54) is 4.31 Å². The SMILES string of the molecule is CN1CCN(S(=O)(=O)c2ccccc2CNC(=O)c2ccccc2N)CC1.Cl.Cl. The number of piperazine rings is 1. The Bertz CT molecular complexity index is 933. The van der Waals surface area contributed by atoms with Crippen LogP contribution in [0.15, 0.2) is 53.4 Å². The highest BCUT2D eigenvalue weighted by atomic mass is 35.5. The molecule has 0 aromatic heterocycles. The fourth-order valence-electron chi connectivity index (χ4n) is 3.04. The second-order valence-corrected chi connectivity index (χ2v) is 8.49. The van der Waals surface area contributed by atoms with Crippen LogP contribution < -0.4 is 11.1 Å². The number of benzene rings is 2. The van der Waals surface area contributed by atoms with Crippen LogP contribution in [0.3, 0.4) is 0 Å². The van der Waals surface area contributed by atoms with Gasteiger partial charge in [-0.15, -0.1) is 24.8 Å². The molecule has 0 aliphatic carbocycles. The number of amides is 1. The van der Waals surface area contributed by atoms with E-state index in [9.17, 15) is 13.2 Å². The number of nitrogen functional groups attached to an aromatic ring is 1. The number of hydrogen-bond acceptors (Lipinski definition) is 5. The Morgan fingerprint density at radius 1 is 1.00 bits per heavy atom. The molecule has 0 atom stereocenters. The van der Waals surface area contributed by atoms with E-state index in [1.54, 1.807) is 48.5 Å². The number of nitrogens with one attached hydrogen (secondary N) is 1. The summed E-state index contributed by atoms with van der Waals surface area (Å²) < 4.78 is 27.6. The molecule has 0 spiro atoms. The van der Waals surface area contributed by atoms with Crippen LogP contribution in [0.25, 0.3) is 0 Å². The lowest BCUT2D eigenvalue weighted by Gasteiger charge is -2.32. The average Bonchev–Trinajstić information content (AvgIpc) is 2.67. The normalized spacial score (nSPS) is 15.1. The summed E-state index contributed by atoms with van der Waals surface area (Å²) in [4.78, 5) is 14.7. The Hall–Kier alpha value is -1.84. The zero-order chi connectivity index (χ0) is 19.4.